The van der Waals surface area contributed by atoms with Crippen LogP contribution in [0, 0.1) is 19.8 Å². The standard InChI is InChI=1S/C21H27N3O3/c1-14-15(2)22-19-6-5-16(12-18(14)19)20(25)24-7-3-4-17(13-24)21(26)23-8-10-27-11-9-23/h5-6,12,17,22H,3-4,7-11,13H2,1-2H3/t17-/m1/s1. The molecule has 1 N–H and O–H groups in total. The number of benzene rings is 1. The average molecular weight is 369 g/mol. The van der Waals surface area contributed by atoms with Gasteiger partial charge < -0.3 is 19.5 Å². The number of carbonyl (C=O) groups excluding carboxylic acids is 2. The van der Waals surface area contributed by atoms with Gasteiger partial charge in [-0.1, -0.05) is 0 Å². The minimum Gasteiger partial charge on any atom is -0.378 e. The second kappa shape index (κ2) is 7.35. The van der Waals surface area contributed by atoms with E-state index >= 15 is 0 Å². The van der Waals surface area contributed by atoms with Crippen LogP contribution in [-0.2, 0) is 9.53 Å². The Labute approximate surface area is 159 Å². The van der Waals surface area contributed by atoms with Gasteiger partial charge in [0.25, 0.3) is 5.91 Å². The van der Waals surface area contributed by atoms with Gasteiger partial charge in [-0.2, -0.15) is 0 Å². The monoisotopic (exact) mass is 369 g/mol. The van der Waals surface area contributed by atoms with Crippen molar-refractivity contribution in [1.29, 1.82) is 0 Å². The number of aromatic nitrogens is 1. The Balaban J connectivity index is 1.50. The van der Waals surface area contributed by atoms with Crippen molar-refractivity contribution in [2.75, 3.05) is 39.4 Å². The number of morpholine rings is 1. The number of aromatic amines is 1. The number of ether oxygens (including phenoxy) is 1. The minimum absolute atomic E-state index is 0.0228. The summed E-state index contributed by atoms with van der Waals surface area (Å²) in [4.78, 5) is 33.0. The van der Waals surface area contributed by atoms with E-state index in [1.165, 1.54) is 5.56 Å². The smallest absolute Gasteiger partial charge is 0.253 e. The highest BCUT2D eigenvalue weighted by atomic mass is 16.5. The number of likely N-dealkylation sites (tertiary alicyclic amines) is 1. The molecule has 0 saturated carbocycles. The van der Waals surface area contributed by atoms with E-state index in [-0.39, 0.29) is 17.7 Å². The zero-order valence-corrected chi connectivity index (χ0v) is 16.1. The number of aryl methyl sites for hydroxylation is 2. The van der Waals surface area contributed by atoms with Crippen molar-refractivity contribution in [1.82, 2.24) is 14.8 Å². The molecule has 27 heavy (non-hydrogen) atoms. The van der Waals surface area contributed by atoms with Crippen molar-refractivity contribution in [2.24, 2.45) is 5.92 Å². The van der Waals surface area contributed by atoms with Gasteiger partial charge in [-0.3, -0.25) is 9.59 Å². The van der Waals surface area contributed by atoms with Crippen LogP contribution < -0.4 is 0 Å². The first-order chi connectivity index (χ1) is 13.0. The van der Waals surface area contributed by atoms with Crippen LogP contribution >= 0.6 is 0 Å². The van der Waals surface area contributed by atoms with Crippen LogP contribution in [0.2, 0.25) is 0 Å². The summed E-state index contributed by atoms with van der Waals surface area (Å²) >= 11 is 0. The Hall–Kier alpha value is -2.34. The number of amides is 2. The second-order valence-corrected chi connectivity index (χ2v) is 7.66. The fraction of sp³-hybridized carbons (Fsp3) is 0.524. The molecule has 0 bridgehead atoms. The lowest BCUT2D eigenvalue weighted by Crippen LogP contribution is -2.49. The van der Waals surface area contributed by atoms with Crippen LogP contribution in [0.25, 0.3) is 10.9 Å². The highest BCUT2D eigenvalue weighted by Gasteiger charge is 2.32. The lowest BCUT2D eigenvalue weighted by Gasteiger charge is -2.36. The normalized spacial score (nSPS) is 20.9. The molecule has 2 fully saturated rings. The molecule has 0 radical (unpaired) electrons. The summed E-state index contributed by atoms with van der Waals surface area (Å²) in [6.45, 7) is 7.88. The number of fused-ring (bicyclic) bond motifs is 1. The number of nitrogens with one attached hydrogen (secondary N) is 1. The fourth-order valence-corrected chi connectivity index (χ4v) is 4.18. The first-order valence-electron chi connectivity index (χ1n) is 9.79. The Bertz CT molecular complexity index is 867. The first kappa shape index (κ1) is 18.0. The minimum atomic E-state index is -0.0965. The molecule has 1 atom stereocenters. The van der Waals surface area contributed by atoms with Gasteiger partial charge in [0.2, 0.25) is 5.91 Å². The van der Waals surface area contributed by atoms with Gasteiger partial charge in [-0.25, -0.2) is 0 Å². The third kappa shape index (κ3) is 3.46. The first-order valence-corrected chi connectivity index (χ1v) is 9.79. The van der Waals surface area contributed by atoms with Crippen molar-refractivity contribution in [3.63, 3.8) is 0 Å². The van der Waals surface area contributed by atoms with Gasteiger partial charge >= 0.3 is 0 Å². The Kier molecular flexibility index (Phi) is 4.91. The number of hydrogen-bond donors (Lipinski definition) is 1. The molecular weight excluding hydrogens is 342 g/mol. The number of nitrogens with zero attached hydrogens (tertiary/aromatic N) is 2. The van der Waals surface area contributed by atoms with E-state index in [1.54, 1.807) is 0 Å². The SMILES string of the molecule is Cc1[nH]c2ccc(C(=O)N3CCC[C@@H](C(=O)N4CCOCC4)C3)cc2c1C. The summed E-state index contributed by atoms with van der Waals surface area (Å²) in [5, 5.41) is 1.09. The zero-order valence-electron chi connectivity index (χ0n) is 16.1. The maximum atomic E-state index is 13.1. The van der Waals surface area contributed by atoms with Crippen LogP contribution in [-0.4, -0.2) is 66.0 Å². The molecule has 1 aromatic carbocycles. The molecule has 2 aliphatic heterocycles. The molecule has 2 aliphatic rings. The maximum absolute atomic E-state index is 13.1. The Morgan fingerprint density at radius 3 is 2.67 bits per heavy atom. The van der Waals surface area contributed by atoms with Crippen LogP contribution in [0.15, 0.2) is 18.2 Å². The van der Waals surface area contributed by atoms with Gasteiger partial charge in [0.05, 0.1) is 19.1 Å². The van der Waals surface area contributed by atoms with Crippen molar-refractivity contribution >= 4 is 22.7 Å². The highest BCUT2D eigenvalue weighted by Crippen LogP contribution is 2.25. The molecule has 0 aliphatic carbocycles. The third-order valence-electron chi connectivity index (χ3n) is 5.94. The predicted octanol–water partition coefficient (Wildman–Crippen LogP) is 2.50. The second-order valence-electron chi connectivity index (χ2n) is 7.66. The van der Waals surface area contributed by atoms with Crippen molar-refractivity contribution in [2.45, 2.75) is 26.7 Å². The van der Waals surface area contributed by atoms with Gasteiger partial charge in [-0.15, -0.1) is 0 Å². The van der Waals surface area contributed by atoms with Gasteiger partial charge in [-0.05, 0) is 50.5 Å². The molecule has 2 amide bonds. The largest absolute Gasteiger partial charge is 0.378 e. The van der Waals surface area contributed by atoms with Crippen LogP contribution in [0.5, 0.6) is 0 Å². The van der Waals surface area contributed by atoms with Crippen LogP contribution in [0.3, 0.4) is 0 Å². The molecule has 1 aromatic heterocycles. The number of carbonyl (C=O) groups is 2. The van der Waals surface area contributed by atoms with Crippen molar-refractivity contribution in [3.8, 4) is 0 Å². The number of hydrogen-bond acceptors (Lipinski definition) is 3. The molecule has 4 rings (SSSR count). The molecule has 144 valence electrons. The van der Waals surface area contributed by atoms with E-state index in [9.17, 15) is 9.59 Å². The van der Waals surface area contributed by atoms with Crippen LogP contribution in [0.1, 0.15) is 34.5 Å². The fourth-order valence-electron chi connectivity index (χ4n) is 4.18. The van der Waals surface area contributed by atoms with Crippen molar-refractivity contribution < 1.29 is 14.3 Å². The molecular formula is C21H27N3O3. The third-order valence-corrected chi connectivity index (χ3v) is 5.94. The average Bonchev–Trinajstić information content (AvgIpc) is 3.01. The Morgan fingerprint density at radius 1 is 1.11 bits per heavy atom. The number of piperidine rings is 1. The van der Waals surface area contributed by atoms with E-state index in [0.717, 1.165) is 36.0 Å². The van der Waals surface area contributed by atoms with Gasteiger partial charge in [0.1, 0.15) is 0 Å². The molecule has 6 heteroatoms. The van der Waals surface area contributed by atoms with E-state index in [0.29, 0.717) is 38.4 Å². The quantitative estimate of drug-likeness (QED) is 0.885. The van der Waals surface area contributed by atoms with E-state index in [1.807, 2.05) is 34.9 Å². The maximum Gasteiger partial charge on any atom is 0.253 e. The van der Waals surface area contributed by atoms with E-state index in [2.05, 4.69) is 11.9 Å². The summed E-state index contributed by atoms with van der Waals surface area (Å²) < 4.78 is 5.34. The summed E-state index contributed by atoms with van der Waals surface area (Å²) in [5.41, 5.74) is 4.06. The number of H-pyrrole nitrogens is 1. The predicted molar refractivity (Wildman–Crippen MR) is 104 cm³/mol. The van der Waals surface area contributed by atoms with Crippen LogP contribution in [0.4, 0.5) is 0 Å². The highest BCUT2D eigenvalue weighted by molar-refractivity contribution is 5.99. The lowest BCUT2D eigenvalue weighted by atomic mass is 9.95. The molecule has 3 heterocycles. The van der Waals surface area contributed by atoms with E-state index in [4.69, 9.17) is 4.74 Å². The molecule has 6 nitrogen and oxygen atoms in total. The van der Waals surface area contributed by atoms with Gasteiger partial charge in [0.15, 0.2) is 0 Å². The lowest BCUT2D eigenvalue weighted by molar-refractivity contribution is -0.141. The van der Waals surface area contributed by atoms with E-state index < -0.39 is 0 Å². The topological polar surface area (TPSA) is 65.6 Å². The summed E-state index contributed by atoms with van der Waals surface area (Å²) in [6, 6.07) is 5.83. The summed E-state index contributed by atoms with van der Waals surface area (Å²) in [7, 11) is 0. The van der Waals surface area contributed by atoms with Gasteiger partial charge in [0, 0.05) is 48.3 Å². The Morgan fingerprint density at radius 2 is 1.89 bits per heavy atom. The molecule has 0 unspecified atom stereocenters. The number of rotatable bonds is 2. The molecule has 2 saturated heterocycles. The van der Waals surface area contributed by atoms with Crippen molar-refractivity contribution in [3.05, 3.63) is 35.0 Å². The summed E-state index contributed by atoms with van der Waals surface area (Å²) in [6.07, 6.45) is 1.73. The summed E-state index contributed by atoms with van der Waals surface area (Å²) in [5.74, 6) is 0.0961. The zero-order chi connectivity index (χ0) is 19.0. The molecule has 2 aromatic rings. The molecule has 0 spiro atoms.